The van der Waals surface area contributed by atoms with Gasteiger partial charge in [-0.05, 0) is 56.3 Å². The number of benzene rings is 1. The molecule has 1 fully saturated rings. The molecule has 1 aromatic carbocycles. The highest BCUT2D eigenvalue weighted by atomic mass is 16.1. The van der Waals surface area contributed by atoms with Gasteiger partial charge in [0.25, 0.3) is 0 Å². The zero-order chi connectivity index (χ0) is 13.7. The average molecular weight is 260 g/mol. The molecule has 1 aliphatic rings. The van der Waals surface area contributed by atoms with Gasteiger partial charge in [-0.1, -0.05) is 24.3 Å². The summed E-state index contributed by atoms with van der Waals surface area (Å²) in [7, 11) is 0. The first-order valence-corrected chi connectivity index (χ1v) is 7.22. The maximum absolute atomic E-state index is 11.0. The number of amides is 1. The Labute approximate surface area is 115 Å². The van der Waals surface area contributed by atoms with Gasteiger partial charge in [0.1, 0.15) is 0 Å². The molecule has 0 bridgehead atoms. The summed E-state index contributed by atoms with van der Waals surface area (Å²) in [6.07, 6.45) is 3.37. The third-order valence-electron chi connectivity index (χ3n) is 3.78. The van der Waals surface area contributed by atoms with Crippen molar-refractivity contribution in [2.24, 2.45) is 0 Å². The monoisotopic (exact) mass is 260 g/mol. The Morgan fingerprint density at radius 2 is 1.95 bits per heavy atom. The highest BCUT2D eigenvalue weighted by Gasteiger charge is 2.14. The summed E-state index contributed by atoms with van der Waals surface area (Å²) >= 11 is 0. The predicted octanol–water partition coefficient (Wildman–Crippen LogP) is 2.22. The van der Waals surface area contributed by atoms with Crippen molar-refractivity contribution in [2.75, 3.05) is 13.1 Å². The fraction of sp³-hybridized carbons (Fsp3) is 0.562. The molecule has 0 aliphatic carbocycles. The Morgan fingerprint density at radius 3 is 2.53 bits per heavy atom. The first-order chi connectivity index (χ1) is 9.15. The van der Waals surface area contributed by atoms with E-state index in [-0.39, 0.29) is 11.9 Å². The lowest BCUT2D eigenvalue weighted by Gasteiger charge is -2.23. The highest BCUT2D eigenvalue weighted by Crippen LogP contribution is 2.25. The van der Waals surface area contributed by atoms with Gasteiger partial charge in [-0.15, -0.1) is 0 Å². The van der Waals surface area contributed by atoms with Gasteiger partial charge in [0.2, 0.25) is 5.91 Å². The molecule has 0 radical (unpaired) electrons. The van der Waals surface area contributed by atoms with Crippen molar-refractivity contribution < 1.29 is 4.79 Å². The summed E-state index contributed by atoms with van der Waals surface area (Å²) in [5.74, 6) is 0.752. The van der Waals surface area contributed by atoms with Gasteiger partial charge < -0.3 is 10.6 Å². The van der Waals surface area contributed by atoms with E-state index < -0.39 is 0 Å². The number of carbonyl (C=O) groups is 1. The van der Waals surface area contributed by atoms with Crippen LogP contribution in [-0.4, -0.2) is 25.0 Å². The second-order valence-corrected chi connectivity index (χ2v) is 5.57. The van der Waals surface area contributed by atoms with E-state index in [1.807, 2.05) is 6.92 Å². The van der Waals surface area contributed by atoms with E-state index in [0.717, 1.165) is 19.5 Å². The normalized spacial score (nSPS) is 18.0. The van der Waals surface area contributed by atoms with Gasteiger partial charge in [0, 0.05) is 13.0 Å². The van der Waals surface area contributed by atoms with Crippen LogP contribution in [-0.2, 0) is 11.2 Å². The smallest absolute Gasteiger partial charge is 0.217 e. The standard InChI is InChI=1S/C16H24N2O/c1-12(18-13(2)19)11-14-3-5-15(6-4-14)16-7-9-17-10-8-16/h3-6,12,16-17H,7-11H2,1-2H3,(H,18,19). The Kier molecular flexibility index (Phi) is 4.97. The molecule has 1 amide bonds. The molecule has 2 rings (SSSR count). The summed E-state index contributed by atoms with van der Waals surface area (Å²) in [6.45, 7) is 5.87. The van der Waals surface area contributed by atoms with Crippen molar-refractivity contribution >= 4 is 5.91 Å². The first-order valence-electron chi connectivity index (χ1n) is 7.22. The molecular weight excluding hydrogens is 236 g/mol. The Bertz CT molecular complexity index is 407. The summed E-state index contributed by atoms with van der Waals surface area (Å²) < 4.78 is 0. The maximum Gasteiger partial charge on any atom is 0.217 e. The number of hydrogen-bond acceptors (Lipinski definition) is 2. The molecule has 1 heterocycles. The molecule has 3 nitrogen and oxygen atoms in total. The van der Waals surface area contributed by atoms with Crippen molar-refractivity contribution in [1.82, 2.24) is 10.6 Å². The zero-order valence-corrected chi connectivity index (χ0v) is 11.9. The molecule has 1 aliphatic heterocycles. The van der Waals surface area contributed by atoms with Crippen molar-refractivity contribution in [1.29, 1.82) is 0 Å². The van der Waals surface area contributed by atoms with Crippen LogP contribution in [0.2, 0.25) is 0 Å². The van der Waals surface area contributed by atoms with Gasteiger partial charge in [-0.25, -0.2) is 0 Å². The molecule has 1 saturated heterocycles. The van der Waals surface area contributed by atoms with Gasteiger partial charge in [-0.2, -0.15) is 0 Å². The molecule has 104 valence electrons. The number of rotatable bonds is 4. The van der Waals surface area contributed by atoms with Crippen molar-refractivity contribution in [3.05, 3.63) is 35.4 Å². The average Bonchev–Trinajstić information content (AvgIpc) is 2.39. The van der Waals surface area contributed by atoms with Crippen LogP contribution in [0.3, 0.4) is 0 Å². The van der Waals surface area contributed by atoms with Crippen LogP contribution in [0, 0.1) is 0 Å². The highest BCUT2D eigenvalue weighted by molar-refractivity contribution is 5.73. The molecule has 1 atom stereocenters. The first kappa shape index (κ1) is 14.1. The summed E-state index contributed by atoms with van der Waals surface area (Å²) in [4.78, 5) is 11.0. The van der Waals surface area contributed by atoms with Crippen molar-refractivity contribution in [3.63, 3.8) is 0 Å². The molecular formula is C16H24N2O. The third kappa shape index (κ3) is 4.35. The summed E-state index contributed by atoms with van der Waals surface area (Å²) in [5, 5.41) is 6.32. The SMILES string of the molecule is CC(=O)NC(C)Cc1ccc(C2CCNCC2)cc1. The fourth-order valence-corrected chi connectivity index (χ4v) is 2.83. The molecule has 19 heavy (non-hydrogen) atoms. The van der Waals surface area contributed by atoms with Crippen molar-refractivity contribution in [3.8, 4) is 0 Å². The quantitative estimate of drug-likeness (QED) is 0.871. The number of nitrogens with one attached hydrogen (secondary N) is 2. The fourth-order valence-electron chi connectivity index (χ4n) is 2.83. The van der Waals surface area contributed by atoms with Crippen LogP contribution in [0.4, 0.5) is 0 Å². The second kappa shape index (κ2) is 6.71. The minimum absolute atomic E-state index is 0.0406. The number of hydrogen-bond donors (Lipinski definition) is 2. The van der Waals surface area contributed by atoms with E-state index in [2.05, 4.69) is 34.9 Å². The van der Waals surface area contributed by atoms with E-state index in [1.54, 1.807) is 6.92 Å². The lowest BCUT2D eigenvalue weighted by atomic mass is 9.89. The van der Waals surface area contributed by atoms with E-state index in [9.17, 15) is 4.79 Å². The van der Waals surface area contributed by atoms with Crippen LogP contribution < -0.4 is 10.6 Å². The van der Waals surface area contributed by atoms with Crippen LogP contribution in [0.1, 0.15) is 43.7 Å². The van der Waals surface area contributed by atoms with Crippen LogP contribution in [0.25, 0.3) is 0 Å². The summed E-state index contributed by atoms with van der Waals surface area (Å²) in [5.41, 5.74) is 2.75. The summed E-state index contributed by atoms with van der Waals surface area (Å²) in [6, 6.07) is 9.12. The van der Waals surface area contributed by atoms with Crippen molar-refractivity contribution in [2.45, 2.75) is 45.1 Å². The molecule has 2 N–H and O–H groups in total. The minimum atomic E-state index is 0.0406. The Morgan fingerprint density at radius 1 is 1.32 bits per heavy atom. The van der Waals surface area contributed by atoms with Crippen LogP contribution >= 0.6 is 0 Å². The molecule has 0 aromatic heterocycles. The van der Waals surface area contributed by atoms with E-state index in [4.69, 9.17) is 0 Å². The molecule has 1 aromatic rings. The second-order valence-electron chi connectivity index (χ2n) is 5.57. The number of carbonyl (C=O) groups excluding carboxylic acids is 1. The van der Waals surface area contributed by atoms with E-state index >= 15 is 0 Å². The lowest BCUT2D eigenvalue weighted by Crippen LogP contribution is -2.32. The largest absolute Gasteiger partial charge is 0.354 e. The molecule has 3 heteroatoms. The van der Waals surface area contributed by atoms with Gasteiger partial charge in [0.15, 0.2) is 0 Å². The van der Waals surface area contributed by atoms with Crippen LogP contribution in [0.5, 0.6) is 0 Å². The predicted molar refractivity (Wildman–Crippen MR) is 78.3 cm³/mol. The molecule has 1 unspecified atom stereocenters. The lowest BCUT2D eigenvalue weighted by molar-refractivity contribution is -0.119. The number of piperidine rings is 1. The van der Waals surface area contributed by atoms with Gasteiger partial charge in [0.05, 0.1) is 0 Å². The maximum atomic E-state index is 11.0. The van der Waals surface area contributed by atoms with E-state index in [1.165, 1.54) is 24.0 Å². The Hall–Kier alpha value is -1.35. The molecule has 0 spiro atoms. The van der Waals surface area contributed by atoms with Gasteiger partial charge in [-0.3, -0.25) is 4.79 Å². The van der Waals surface area contributed by atoms with E-state index in [0.29, 0.717) is 5.92 Å². The van der Waals surface area contributed by atoms with Gasteiger partial charge >= 0.3 is 0 Å². The Balaban J connectivity index is 1.92. The topological polar surface area (TPSA) is 41.1 Å². The third-order valence-corrected chi connectivity index (χ3v) is 3.78. The zero-order valence-electron chi connectivity index (χ0n) is 11.9. The molecule has 0 saturated carbocycles. The van der Waals surface area contributed by atoms with Crippen LogP contribution in [0.15, 0.2) is 24.3 Å². The minimum Gasteiger partial charge on any atom is -0.354 e.